The molecule has 0 saturated carbocycles. The summed E-state index contributed by atoms with van der Waals surface area (Å²) in [4.78, 5) is 25.1. The molecule has 0 radical (unpaired) electrons. The van der Waals surface area contributed by atoms with E-state index in [2.05, 4.69) is 19.8 Å². The van der Waals surface area contributed by atoms with Crippen molar-refractivity contribution < 1.29 is 9.53 Å². The number of hydrogen-bond acceptors (Lipinski definition) is 7. The van der Waals surface area contributed by atoms with Gasteiger partial charge in [-0.3, -0.25) is 0 Å². The average Bonchev–Trinajstić information content (AvgIpc) is 3.17. The second-order valence-electron chi connectivity index (χ2n) is 6.07. The van der Waals surface area contributed by atoms with E-state index in [1.807, 2.05) is 23.6 Å². The van der Waals surface area contributed by atoms with E-state index in [4.69, 9.17) is 27.9 Å². The van der Waals surface area contributed by atoms with Gasteiger partial charge in [-0.05, 0) is 29.6 Å². The van der Waals surface area contributed by atoms with Gasteiger partial charge >= 0.3 is 5.97 Å². The number of benzene rings is 1. The summed E-state index contributed by atoms with van der Waals surface area (Å²) in [5.41, 5.74) is 1.69. The predicted octanol–water partition coefficient (Wildman–Crippen LogP) is 4.11. The third-order valence-electron chi connectivity index (χ3n) is 4.48. The molecule has 4 rings (SSSR count). The van der Waals surface area contributed by atoms with Crippen LogP contribution in [0.25, 0.3) is 10.2 Å². The van der Waals surface area contributed by atoms with Crippen LogP contribution in [0.5, 0.6) is 0 Å². The molecule has 0 N–H and O–H groups in total. The van der Waals surface area contributed by atoms with Gasteiger partial charge in [0, 0.05) is 31.2 Å². The highest BCUT2D eigenvalue weighted by Gasteiger charge is 2.24. The first-order chi connectivity index (χ1) is 13.1. The van der Waals surface area contributed by atoms with E-state index in [1.165, 1.54) is 7.11 Å². The van der Waals surface area contributed by atoms with Crippen molar-refractivity contribution in [2.75, 3.05) is 43.1 Å². The van der Waals surface area contributed by atoms with Crippen molar-refractivity contribution in [3.05, 3.63) is 45.5 Å². The van der Waals surface area contributed by atoms with Crippen molar-refractivity contribution in [1.82, 2.24) is 9.97 Å². The molecular formula is C18H16Cl2N4O2S. The minimum Gasteiger partial charge on any atom is -0.463 e. The van der Waals surface area contributed by atoms with Gasteiger partial charge in [0.25, 0.3) is 0 Å². The lowest BCUT2D eigenvalue weighted by molar-refractivity contribution is 0.0587. The van der Waals surface area contributed by atoms with Crippen molar-refractivity contribution in [2.45, 2.75) is 0 Å². The molecular weight excluding hydrogens is 407 g/mol. The van der Waals surface area contributed by atoms with Gasteiger partial charge in [-0.2, -0.15) is 0 Å². The topological polar surface area (TPSA) is 58.6 Å². The summed E-state index contributed by atoms with van der Waals surface area (Å²) >= 11 is 14.0. The molecule has 0 spiro atoms. The molecule has 1 saturated heterocycles. The Bertz CT molecular complexity index is 1000. The van der Waals surface area contributed by atoms with Gasteiger partial charge in [0.05, 0.1) is 28.0 Å². The molecule has 0 aliphatic carbocycles. The molecule has 0 unspecified atom stereocenters. The van der Waals surface area contributed by atoms with Crippen LogP contribution in [0.15, 0.2) is 29.6 Å². The number of thiophene rings is 1. The summed E-state index contributed by atoms with van der Waals surface area (Å²) in [5, 5.41) is 3.30. The molecule has 3 heterocycles. The lowest BCUT2D eigenvalue weighted by Gasteiger charge is -2.37. The molecule has 6 nitrogen and oxygen atoms in total. The van der Waals surface area contributed by atoms with Gasteiger partial charge in [0.2, 0.25) is 5.82 Å². The van der Waals surface area contributed by atoms with Gasteiger partial charge in [-0.1, -0.05) is 23.2 Å². The van der Waals surface area contributed by atoms with E-state index in [0.717, 1.165) is 47.9 Å². The van der Waals surface area contributed by atoms with Crippen LogP contribution in [0.3, 0.4) is 0 Å². The Labute approximate surface area is 170 Å². The quantitative estimate of drug-likeness (QED) is 0.591. The lowest BCUT2D eigenvalue weighted by Crippen LogP contribution is -2.47. The van der Waals surface area contributed by atoms with Crippen LogP contribution < -0.4 is 9.80 Å². The predicted molar refractivity (Wildman–Crippen MR) is 110 cm³/mol. The standard InChI is InChI=1S/C18H16Cl2N4O2S/c1-26-18(25)16-21-13-4-9-27-15(13)17(22-16)24-7-5-23(6-8-24)14-10-11(19)2-3-12(14)20/h2-4,9-10H,5-8H2,1H3. The van der Waals surface area contributed by atoms with E-state index in [0.29, 0.717) is 10.0 Å². The second-order valence-corrected chi connectivity index (χ2v) is 7.83. The number of anilines is 2. The number of carbonyl (C=O) groups excluding carboxylic acids is 1. The molecule has 9 heteroatoms. The van der Waals surface area contributed by atoms with Gasteiger partial charge in [0.1, 0.15) is 0 Å². The van der Waals surface area contributed by atoms with Crippen LogP contribution in [0, 0.1) is 0 Å². The molecule has 3 aromatic rings. The van der Waals surface area contributed by atoms with Crippen LogP contribution in [0.2, 0.25) is 10.0 Å². The lowest BCUT2D eigenvalue weighted by atomic mass is 10.2. The maximum atomic E-state index is 11.9. The third kappa shape index (κ3) is 3.54. The van der Waals surface area contributed by atoms with E-state index in [9.17, 15) is 4.79 Å². The summed E-state index contributed by atoms with van der Waals surface area (Å²) in [7, 11) is 1.33. The average molecular weight is 423 g/mol. The van der Waals surface area contributed by atoms with Crippen molar-refractivity contribution >= 4 is 62.2 Å². The number of aromatic nitrogens is 2. The number of fused-ring (bicyclic) bond motifs is 1. The first-order valence-corrected chi connectivity index (χ1v) is 9.99. The first-order valence-electron chi connectivity index (χ1n) is 8.35. The molecule has 1 aromatic carbocycles. The summed E-state index contributed by atoms with van der Waals surface area (Å²) in [6.07, 6.45) is 0. The maximum Gasteiger partial charge on any atom is 0.376 e. The van der Waals surface area contributed by atoms with Crippen LogP contribution >= 0.6 is 34.5 Å². The highest BCUT2D eigenvalue weighted by molar-refractivity contribution is 7.17. The molecule has 2 aromatic heterocycles. The molecule has 0 amide bonds. The Morgan fingerprint density at radius 1 is 1.11 bits per heavy atom. The summed E-state index contributed by atoms with van der Waals surface area (Å²) in [5.74, 6) is 0.319. The van der Waals surface area contributed by atoms with Gasteiger partial charge in [-0.15, -0.1) is 11.3 Å². The fourth-order valence-electron chi connectivity index (χ4n) is 3.13. The Morgan fingerprint density at radius 3 is 2.59 bits per heavy atom. The molecule has 0 atom stereocenters. The number of rotatable bonds is 3. The van der Waals surface area contributed by atoms with Crippen molar-refractivity contribution in [3.63, 3.8) is 0 Å². The Kier molecular flexibility index (Phi) is 5.08. The number of methoxy groups -OCH3 is 1. The van der Waals surface area contributed by atoms with Crippen LogP contribution in [-0.2, 0) is 4.74 Å². The number of halogens is 2. The zero-order chi connectivity index (χ0) is 19.0. The van der Waals surface area contributed by atoms with Crippen LogP contribution in [0.4, 0.5) is 11.5 Å². The highest BCUT2D eigenvalue weighted by atomic mass is 35.5. The molecule has 0 bridgehead atoms. The molecule has 1 aliphatic rings. The SMILES string of the molecule is COC(=O)c1nc(N2CCN(c3cc(Cl)ccc3Cl)CC2)c2sccc2n1. The Balaban J connectivity index is 1.60. The molecule has 140 valence electrons. The number of piperazine rings is 1. The summed E-state index contributed by atoms with van der Waals surface area (Å²) < 4.78 is 5.76. The number of hydrogen-bond donors (Lipinski definition) is 0. The number of esters is 1. The van der Waals surface area contributed by atoms with E-state index in [1.54, 1.807) is 17.4 Å². The zero-order valence-corrected chi connectivity index (χ0v) is 16.8. The third-order valence-corrected chi connectivity index (χ3v) is 5.94. The zero-order valence-electron chi connectivity index (χ0n) is 14.5. The van der Waals surface area contributed by atoms with E-state index in [-0.39, 0.29) is 5.82 Å². The maximum absolute atomic E-state index is 11.9. The fourth-order valence-corrected chi connectivity index (χ4v) is 4.38. The summed E-state index contributed by atoms with van der Waals surface area (Å²) in [6.45, 7) is 3.02. The van der Waals surface area contributed by atoms with E-state index < -0.39 is 5.97 Å². The number of nitrogens with zero attached hydrogens (tertiary/aromatic N) is 4. The molecule has 27 heavy (non-hydrogen) atoms. The fraction of sp³-hybridized carbons (Fsp3) is 0.278. The Morgan fingerprint density at radius 2 is 1.85 bits per heavy atom. The minimum absolute atomic E-state index is 0.0821. The molecule has 1 aliphatic heterocycles. The molecule has 1 fully saturated rings. The van der Waals surface area contributed by atoms with Crippen LogP contribution in [-0.4, -0.2) is 49.2 Å². The van der Waals surface area contributed by atoms with Gasteiger partial charge < -0.3 is 14.5 Å². The Hall–Kier alpha value is -2.09. The van der Waals surface area contributed by atoms with E-state index >= 15 is 0 Å². The van der Waals surface area contributed by atoms with Gasteiger partial charge in [-0.25, -0.2) is 14.8 Å². The summed E-state index contributed by atoms with van der Waals surface area (Å²) in [6, 6.07) is 7.37. The number of carbonyl (C=O) groups is 1. The van der Waals surface area contributed by atoms with Crippen LogP contribution in [0.1, 0.15) is 10.6 Å². The number of ether oxygens (including phenoxy) is 1. The smallest absolute Gasteiger partial charge is 0.376 e. The highest BCUT2D eigenvalue weighted by Crippen LogP contribution is 2.33. The largest absolute Gasteiger partial charge is 0.463 e. The monoisotopic (exact) mass is 422 g/mol. The van der Waals surface area contributed by atoms with Gasteiger partial charge in [0.15, 0.2) is 5.82 Å². The first kappa shape index (κ1) is 18.3. The minimum atomic E-state index is -0.534. The van der Waals surface area contributed by atoms with Crippen molar-refractivity contribution in [2.24, 2.45) is 0 Å². The normalized spacial score (nSPS) is 14.6. The second kappa shape index (κ2) is 7.50. The van der Waals surface area contributed by atoms with Crippen molar-refractivity contribution in [3.8, 4) is 0 Å². The van der Waals surface area contributed by atoms with Crippen molar-refractivity contribution in [1.29, 1.82) is 0 Å².